The van der Waals surface area contributed by atoms with Gasteiger partial charge in [0.2, 0.25) is 0 Å². The molecule has 2 amide bonds. The Hall–Kier alpha value is -4.79. The van der Waals surface area contributed by atoms with Crippen LogP contribution in [0.4, 0.5) is 9.59 Å². The van der Waals surface area contributed by atoms with Crippen LogP contribution in [0.5, 0.6) is 23.0 Å². The second-order valence-electron chi connectivity index (χ2n) is 14.1. The van der Waals surface area contributed by atoms with Gasteiger partial charge in [0.15, 0.2) is 0 Å². The number of hydrogen-bond acceptors (Lipinski definition) is 12. The molecule has 2 unspecified atom stereocenters. The number of phenolic OH excluding ortho intramolecular Hbond substituents is 2. The van der Waals surface area contributed by atoms with Crippen LogP contribution in [-0.4, -0.2) is 92.7 Å². The molecule has 0 aromatic heterocycles. The van der Waals surface area contributed by atoms with Crippen molar-refractivity contribution in [3.05, 3.63) is 119 Å². The molecule has 0 saturated carbocycles. The zero-order valence-corrected chi connectivity index (χ0v) is 38.9. The number of phenols is 2. The van der Waals surface area contributed by atoms with Crippen LogP contribution in [0.15, 0.2) is 97.1 Å². The minimum absolute atomic E-state index is 0.129. The largest absolute Gasteiger partial charge is 0.508 e. The van der Waals surface area contributed by atoms with Gasteiger partial charge in [0.05, 0.1) is 0 Å². The predicted molar refractivity (Wildman–Crippen MR) is 241 cm³/mol. The van der Waals surface area contributed by atoms with Gasteiger partial charge in [-0.1, -0.05) is 48.5 Å². The van der Waals surface area contributed by atoms with Gasteiger partial charge in [-0.15, -0.1) is 0 Å². The van der Waals surface area contributed by atoms with E-state index in [-0.39, 0.29) is 23.3 Å². The molecule has 338 valence electrons. The van der Waals surface area contributed by atoms with E-state index in [9.17, 15) is 19.8 Å². The van der Waals surface area contributed by atoms with Crippen molar-refractivity contribution in [2.75, 3.05) is 52.7 Å². The summed E-state index contributed by atoms with van der Waals surface area (Å²) in [5.41, 5.74) is 3.61. The Morgan fingerprint density at radius 3 is 0.968 bits per heavy atom. The van der Waals surface area contributed by atoms with Gasteiger partial charge in [0, 0.05) is 76.7 Å². The van der Waals surface area contributed by atoms with Crippen molar-refractivity contribution in [3.8, 4) is 23.0 Å². The third kappa shape index (κ3) is 15.2. The highest BCUT2D eigenvalue weighted by Gasteiger charge is 2.40. The molecule has 2 atom stereocenters. The Kier molecular flexibility index (Phi) is 20.9. The minimum Gasteiger partial charge on any atom is -0.508 e. The maximum absolute atomic E-state index is 12.8. The maximum Gasteiger partial charge on any atom is 0.500 e. The first-order valence-corrected chi connectivity index (χ1v) is 25.4. The molecule has 4 N–H and O–H groups in total. The molecule has 0 radical (unpaired) electrons. The van der Waals surface area contributed by atoms with Crippen LogP contribution in [0.2, 0.25) is 12.1 Å². The van der Waals surface area contributed by atoms with Crippen LogP contribution >= 0.6 is 0 Å². The number of hydrogen-bond donors (Lipinski definition) is 4. The van der Waals surface area contributed by atoms with E-state index in [1.807, 2.05) is 90.1 Å². The number of benzene rings is 4. The van der Waals surface area contributed by atoms with Gasteiger partial charge < -0.3 is 56.9 Å². The Bertz CT molecular complexity index is 1730. The van der Waals surface area contributed by atoms with Crippen molar-refractivity contribution >= 4 is 29.8 Å². The first-order chi connectivity index (χ1) is 30.0. The van der Waals surface area contributed by atoms with Gasteiger partial charge in [-0.3, -0.25) is 0 Å². The van der Waals surface area contributed by atoms with Crippen molar-refractivity contribution in [2.45, 2.75) is 78.3 Å². The molecule has 62 heavy (non-hydrogen) atoms. The summed E-state index contributed by atoms with van der Waals surface area (Å²) in [6, 6.07) is 29.8. The van der Waals surface area contributed by atoms with Crippen LogP contribution in [-0.2, 0) is 26.6 Å². The lowest BCUT2D eigenvalue weighted by atomic mass is 9.73. The second-order valence-corrected chi connectivity index (χ2v) is 19.5. The van der Waals surface area contributed by atoms with Gasteiger partial charge in [0.1, 0.15) is 23.0 Å². The summed E-state index contributed by atoms with van der Waals surface area (Å²) in [6.45, 7) is 15.0. The monoisotopic (exact) mass is 892 g/mol. The molecule has 0 spiro atoms. The second kappa shape index (κ2) is 26.0. The Morgan fingerprint density at radius 2 is 0.710 bits per heavy atom. The third-order valence-corrected chi connectivity index (χ3v) is 16.1. The molecule has 0 heterocycles. The third-order valence-electron chi connectivity index (χ3n) is 9.78. The molecule has 0 fully saturated rings. The van der Waals surface area contributed by atoms with Crippen LogP contribution < -0.4 is 20.1 Å². The highest BCUT2D eigenvalue weighted by Crippen LogP contribution is 2.44. The zero-order chi connectivity index (χ0) is 44.8. The Labute approximate surface area is 368 Å². The Balaban J connectivity index is 1.50. The van der Waals surface area contributed by atoms with E-state index < -0.39 is 29.8 Å². The molecule has 4 rings (SSSR count). The number of amides is 2. The summed E-state index contributed by atoms with van der Waals surface area (Å²) < 4.78 is 46.8. The van der Waals surface area contributed by atoms with Crippen molar-refractivity contribution < 1.29 is 55.8 Å². The molecule has 0 bridgehead atoms. The first-order valence-electron chi connectivity index (χ1n) is 21.6. The van der Waals surface area contributed by atoms with Gasteiger partial charge in [-0.05, 0) is 125 Å². The van der Waals surface area contributed by atoms with Crippen LogP contribution in [0.25, 0.3) is 0 Å². The molecule has 16 heteroatoms. The van der Waals surface area contributed by atoms with Gasteiger partial charge in [0.25, 0.3) is 0 Å². The summed E-state index contributed by atoms with van der Waals surface area (Å²) in [6.07, 6.45) is 0.0106. The molecular weight excluding hydrogens is 829 g/mol. The SMILES string of the molecule is CCO[Si](CCCNC(=O)Oc1ccc(C(c2ccc(O)cc2)C(c2ccc(O)cc2)c2ccc(OC(=O)NCCC[Si](OCC)(OCC)OCC)cc2)cc1)(OCC)OCC. The molecule has 0 aliphatic carbocycles. The fourth-order valence-corrected chi connectivity index (χ4v) is 12.5. The van der Waals surface area contributed by atoms with E-state index in [2.05, 4.69) is 10.6 Å². The number of nitrogens with one attached hydrogen (secondary N) is 2. The van der Waals surface area contributed by atoms with E-state index in [4.69, 9.17) is 36.0 Å². The smallest absolute Gasteiger partial charge is 0.500 e. The molecular formula is C46H64N2O12Si2. The van der Waals surface area contributed by atoms with Gasteiger partial charge >= 0.3 is 29.8 Å². The summed E-state index contributed by atoms with van der Waals surface area (Å²) >= 11 is 0. The highest BCUT2D eigenvalue weighted by molar-refractivity contribution is 6.61. The van der Waals surface area contributed by atoms with Crippen LogP contribution in [0, 0.1) is 0 Å². The average molecular weight is 893 g/mol. The van der Waals surface area contributed by atoms with Gasteiger partial charge in [-0.25, -0.2) is 9.59 Å². The lowest BCUT2D eigenvalue weighted by Gasteiger charge is -2.30. The molecule has 4 aromatic carbocycles. The summed E-state index contributed by atoms with van der Waals surface area (Å²) in [7, 11) is -5.66. The number of rotatable bonds is 27. The lowest BCUT2D eigenvalue weighted by molar-refractivity contribution is 0.0700. The highest BCUT2D eigenvalue weighted by atomic mass is 28.4. The van der Waals surface area contributed by atoms with E-state index in [1.165, 1.54) is 0 Å². The molecule has 0 aliphatic heterocycles. The molecule has 0 saturated heterocycles. The molecule has 0 aliphatic rings. The quantitative estimate of drug-likeness (QED) is 0.0331. The van der Waals surface area contributed by atoms with Crippen LogP contribution in [0.1, 0.15) is 88.5 Å². The number of carbonyl (C=O) groups excluding carboxylic acids is 2. The normalized spacial score (nSPS) is 12.7. The van der Waals surface area contributed by atoms with E-state index in [0.29, 0.717) is 89.2 Å². The van der Waals surface area contributed by atoms with Crippen LogP contribution in [0.3, 0.4) is 0 Å². The van der Waals surface area contributed by atoms with Crippen molar-refractivity contribution in [1.82, 2.24) is 10.6 Å². The fraction of sp³-hybridized carbons (Fsp3) is 0.435. The minimum atomic E-state index is -2.83. The fourth-order valence-electron chi connectivity index (χ4n) is 7.28. The number of carbonyl (C=O) groups is 2. The van der Waals surface area contributed by atoms with Crippen molar-refractivity contribution in [3.63, 3.8) is 0 Å². The van der Waals surface area contributed by atoms with Crippen molar-refractivity contribution in [1.29, 1.82) is 0 Å². The van der Waals surface area contributed by atoms with E-state index in [0.717, 1.165) is 22.3 Å². The summed E-state index contributed by atoms with van der Waals surface area (Å²) in [5, 5.41) is 26.1. The van der Waals surface area contributed by atoms with Crippen molar-refractivity contribution in [2.24, 2.45) is 0 Å². The standard InChI is InChI=1S/C46H64N2O12Si2/c1-7-53-61(54-8-2,55-9-3)33-13-31-47-45(51)59-41-27-19-37(20-28-41)43(35-15-23-39(49)24-16-35)44(36-17-25-40(50)26-18-36)38-21-29-42(30-22-38)60-46(52)48-32-14-34-62(56-10-4,57-11-5)58-12-6/h15-30,43-44,49-50H,7-14,31-34H2,1-6H3,(H,47,51)(H,48,52). The summed E-state index contributed by atoms with van der Waals surface area (Å²) in [4.78, 5) is 25.7. The Morgan fingerprint density at radius 1 is 0.452 bits per heavy atom. The average Bonchev–Trinajstić information content (AvgIpc) is 3.25. The lowest BCUT2D eigenvalue weighted by Crippen LogP contribution is -2.46. The number of ether oxygens (including phenoxy) is 2. The van der Waals surface area contributed by atoms with Gasteiger partial charge in [-0.2, -0.15) is 0 Å². The summed E-state index contributed by atoms with van der Waals surface area (Å²) in [5.74, 6) is 0.345. The van der Waals surface area contributed by atoms with E-state index in [1.54, 1.807) is 48.5 Å². The topological polar surface area (TPSA) is 172 Å². The number of aromatic hydroxyl groups is 2. The van der Waals surface area contributed by atoms with E-state index >= 15 is 0 Å². The predicted octanol–water partition coefficient (Wildman–Crippen LogP) is 9.12. The molecule has 14 nitrogen and oxygen atoms in total. The molecule has 4 aromatic rings. The first kappa shape index (κ1) is 49.9. The zero-order valence-electron chi connectivity index (χ0n) is 36.9. The maximum atomic E-state index is 12.8.